The highest BCUT2D eigenvalue weighted by molar-refractivity contribution is 5.67. The van der Waals surface area contributed by atoms with Crippen molar-refractivity contribution in [2.45, 2.75) is 6.54 Å². The molecule has 1 aromatic heterocycles. The minimum Gasteiger partial charge on any atom is -0.507 e. The maximum Gasteiger partial charge on any atom is 0.124 e. The van der Waals surface area contributed by atoms with Gasteiger partial charge < -0.3 is 10.8 Å². The normalized spacial score (nSPS) is 10.5. The van der Waals surface area contributed by atoms with Crippen LogP contribution in [0.2, 0.25) is 0 Å². The van der Waals surface area contributed by atoms with Gasteiger partial charge in [0.15, 0.2) is 0 Å². The Labute approximate surface area is 88.0 Å². The van der Waals surface area contributed by atoms with E-state index >= 15 is 0 Å². The zero-order valence-electron chi connectivity index (χ0n) is 8.51. The predicted octanol–water partition coefficient (Wildman–Crippen LogP) is 1.25. The molecule has 0 fully saturated rings. The van der Waals surface area contributed by atoms with Crippen LogP contribution >= 0.6 is 0 Å². The Balaban J connectivity index is 2.54. The lowest BCUT2D eigenvalue weighted by atomic mass is 10.1. The summed E-state index contributed by atoms with van der Waals surface area (Å²) in [5.41, 5.74) is 7.96. The van der Waals surface area contributed by atoms with Crippen molar-refractivity contribution in [3.05, 3.63) is 36.0 Å². The zero-order valence-corrected chi connectivity index (χ0v) is 8.51. The second-order valence-corrected chi connectivity index (χ2v) is 3.37. The van der Waals surface area contributed by atoms with Gasteiger partial charge in [-0.15, -0.1) is 0 Å². The summed E-state index contributed by atoms with van der Waals surface area (Å²) in [4.78, 5) is 0. The number of benzene rings is 1. The third kappa shape index (κ3) is 1.71. The number of hydrogen-bond acceptors (Lipinski definition) is 3. The van der Waals surface area contributed by atoms with Crippen LogP contribution in [-0.2, 0) is 13.6 Å². The quantitative estimate of drug-likeness (QED) is 0.772. The monoisotopic (exact) mass is 203 g/mol. The average Bonchev–Trinajstić information content (AvgIpc) is 2.60. The smallest absolute Gasteiger partial charge is 0.124 e. The first-order valence-corrected chi connectivity index (χ1v) is 4.73. The summed E-state index contributed by atoms with van der Waals surface area (Å²) in [5.74, 6) is 0.254. The van der Waals surface area contributed by atoms with Crippen molar-refractivity contribution in [1.29, 1.82) is 0 Å². The van der Waals surface area contributed by atoms with E-state index in [1.165, 1.54) is 0 Å². The number of aromatic nitrogens is 2. The van der Waals surface area contributed by atoms with E-state index in [1.54, 1.807) is 16.8 Å². The fourth-order valence-electron chi connectivity index (χ4n) is 1.57. The van der Waals surface area contributed by atoms with Crippen molar-refractivity contribution in [1.82, 2.24) is 9.78 Å². The molecule has 2 rings (SSSR count). The summed E-state index contributed by atoms with van der Waals surface area (Å²) in [7, 11) is 1.83. The second kappa shape index (κ2) is 3.74. The molecule has 0 aliphatic carbocycles. The van der Waals surface area contributed by atoms with Crippen molar-refractivity contribution in [2.24, 2.45) is 12.8 Å². The van der Waals surface area contributed by atoms with E-state index < -0.39 is 0 Å². The van der Waals surface area contributed by atoms with Gasteiger partial charge in [-0.2, -0.15) is 5.10 Å². The number of hydrogen-bond donors (Lipinski definition) is 2. The maximum absolute atomic E-state index is 9.70. The molecule has 0 aliphatic heterocycles. The summed E-state index contributed by atoms with van der Waals surface area (Å²) < 4.78 is 1.72. The second-order valence-electron chi connectivity index (χ2n) is 3.37. The molecule has 0 saturated carbocycles. The van der Waals surface area contributed by atoms with Crippen LogP contribution in [0, 0.1) is 0 Å². The predicted molar refractivity (Wildman–Crippen MR) is 58.2 cm³/mol. The summed E-state index contributed by atoms with van der Waals surface area (Å²) in [6, 6.07) is 9.06. The summed E-state index contributed by atoms with van der Waals surface area (Å²) >= 11 is 0. The van der Waals surface area contributed by atoms with Gasteiger partial charge in [0, 0.05) is 19.2 Å². The first kappa shape index (κ1) is 9.73. The van der Waals surface area contributed by atoms with Gasteiger partial charge in [0.2, 0.25) is 0 Å². The van der Waals surface area contributed by atoms with Crippen LogP contribution in [0.25, 0.3) is 11.3 Å². The third-order valence-electron chi connectivity index (χ3n) is 2.32. The van der Waals surface area contributed by atoms with Crippen molar-refractivity contribution >= 4 is 0 Å². The van der Waals surface area contributed by atoms with Crippen LogP contribution in [0.4, 0.5) is 0 Å². The van der Waals surface area contributed by atoms with Gasteiger partial charge in [-0.1, -0.05) is 12.1 Å². The Morgan fingerprint density at radius 1 is 1.40 bits per heavy atom. The Morgan fingerprint density at radius 3 is 2.73 bits per heavy atom. The molecular weight excluding hydrogens is 190 g/mol. The largest absolute Gasteiger partial charge is 0.507 e. The molecule has 1 heterocycles. The molecule has 0 spiro atoms. The molecule has 2 aromatic rings. The van der Waals surface area contributed by atoms with Gasteiger partial charge in [-0.3, -0.25) is 4.68 Å². The van der Waals surface area contributed by atoms with Gasteiger partial charge >= 0.3 is 0 Å². The minimum atomic E-state index is 0.254. The summed E-state index contributed by atoms with van der Waals surface area (Å²) in [6.07, 6.45) is 0. The number of aryl methyl sites for hydroxylation is 1. The Morgan fingerprint density at radius 2 is 2.13 bits per heavy atom. The Bertz CT molecular complexity index is 476. The fourth-order valence-corrected chi connectivity index (χ4v) is 1.57. The molecule has 0 unspecified atom stereocenters. The molecule has 1 aromatic carbocycles. The van der Waals surface area contributed by atoms with Crippen molar-refractivity contribution < 1.29 is 5.11 Å². The van der Waals surface area contributed by atoms with Gasteiger partial charge in [-0.25, -0.2) is 0 Å². The zero-order chi connectivity index (χ0) is 10.8. The first-order chi connectivity index (χ1) is 7.22. The molecule has 0 aliphatic rings. The summed E-state index contributed by atoms with van der Waals surface area (Å²) in [5, 5.41) is 13.9. The molecule has 78 valence electrons. The molecule has 4 nitrogen and oxygen atoms in total. The van der Waals surface area contributed by atoms with Crippen LogP contribution in [0.1, 0.15) is 5.69 Å². The number of para-hydroxylation sites is 1. The van der Waals surface area contributed by atoms with E-state index in [0.29, 0.717) is 6.54 Å². The van der Waals surface area contributed by atoms with Gasteiger partial charge in [0.1, 0.15) is 5.75 Å². The van der Waals surface area contributed by atoms with Crippen LogP contribution in [0.5, 0.6) is 5.75 Å². The molecule has 15 heavy (non-hydrogen) atoms. The van der Waals surface area contributed by atoms with Crippen LogP contribution in [0.15, 0.2) is 30.3 Å². The molecule has 0 atom stereocenters. The van der Waals surface area contributed by atoms with Crippen LogP contribution in [-0.4, -0.2) is 14.9 Å². The number of nitrogens with two attached hydrogens (primary N) is 1. The van der Waals surface area contributed by atoms with E-state index in [9.17, 15) is 5.11 Å². The first-order valence-electron chi connectivity index (χ1n) is 4.73. The molecular formula is C11H13N3O. The fraction of sp³-hybridized carbons (Fsp3) is 0.182. The average molecular weight is 203 g/mol. The standard InChI is InChI=1S/C11H13N3O/c1-14-10(6-8(7-12)13-14)9-4-2-3-5-11(9)15/h2-6,15H,7,12H2,1H3. The van der Waals surface area contributed by atoms with Crippen LogP contribution < -0.4 is 5.73 Å². The number of rotatable bonds is 2. The van der Waals surface area contributed by atoms with E-state index in [1.807, 2.05) is 25.2 Å². The SMILES string of the molecule is Cn1nc(CN)cc1-c1ccccc1O. The van der Waals surface area contributed by atoms with E-state index in [-0.39, 0.29) is 5.75 Å². The van der Waals surface area contributed by atoms with Gasteiger partial charge in [0.25, 0.3) is 0 Å². The van der Waals surface area contributed by atoms with Crippen molar-refractivity contribution in [3.8, 4) is 17.0 Å². The Kier molecular flexibility index (Phi) is 2.43. The topological polar surface area (TPSA) is 64.1 Å². The third-order valence-corrected chi connectivity index (χ3v) is 2.32. The molecule has 0 amide bonds. The van der Waals surface area contributed by atoms with E-state index in [0.717, 1.165) is 17.0 Å². The number of nitrogens with zero attached hydrogens (tertiary/aromatic N) is 2. The molecule has 3 N–H and O–H groups in total. The Hall–Kier alpha value is -1.81. The lowest BCUT2D eigenvalue weighted by Crippen LogP contribution is -1.98. The van der Waals surface area contributed by atoms with Crippen molar-refractivity contribution in [3.63, 3.8) is 0 Å². The highest BCUT2D eigenvalue weighted by Gasteiger charge is 2.09. The summed E-state index contributed by atoms with van der Waals surface area (Å²) in [6.45, 7) is 0.404. The molecule has 0 saturated heterocycles. The van der Waals surface area contributed by atoms with Gasteiger partial charge in [-0.05, 0) is 18.2 Å². The van der Waals surface area contributed by atoms with Crippen molar-refractivity contribution in [2.75, 3.05) is 0 Å². The number of phenols is 1. The number of aromatic hydroxyl groups is 1. The molecule has 0 radical (unpaired) electrons. The highest BCUT2D eigenvalue weighted by atomic mass is 16.3. The van der Waals surface area contributed by atoms with E-state index in [2.05, 4.69) is 5.10 Å². The lowest BCUT2D eigenvalue weighted by molar-refractivity contribution is 0.476. The maximum atomic E-state index is 9.70. The molecule has 0 bridgehead atoms. The lowest BCUT2D eigenvalue weighted by Gasteiger charge is -2.03. The number of phenolic OH excluding ortho intramolecular Hbond substituents is 1. The highest BCUT2D eigenvalue weighted by Crippen LogP contribution is 2.28. The van der Waals surface area contributed by atoms with Gasteiger partial charge in [0.05, 0.1) is 11.4 Å². The van der Waals surface area contributed by atoms with E-state index in [4.69, 9.17) is 5.73 Å². The molecule has 4 heteroatoms. The minimum absolute atomic E-state index is 0.254. The van der Waals surface area contributed by atoms with Crippen LogP contribution in [0.3, 0.4) is 0 Å².